The molecule has 0 aliphatic heterocycles. The van der Waals surface area contributed by atoms with Gasteiger partial charge in [-0.25, -0.2) is 9.78 Å². The van der Waals surface area contributed by atoms with Gasteiger partial charge < -0.3 is 4.74 Å². The number of carbonyl (C=O) groups excluding carboxylic acids is 1. The monoisotopic (exact) mass is 227 g/mol. The zero-order valence-electron chi connectivity index (χ0n) is 9.81. The Morgan fingerprint density at radius 1 is 1.18 bits per heavy atom. The normalized spacial score (nSPS) is 10.0. The van der Waals surface area contributed by atoms with E-state index in [1.54, 1.807) is 6.20 Å². The van der Waals surface area contributed by atoms with E-state index in [4.69, 9.17) is 0 Å². The minimum atomic E-state index is -0.401. The predicted molar refractivity (Wildman–Crippen MR) is 65.7 cm³/mol. The highest BCUT2D eigenvalue weighted by atomic mass is 16.5. The molecule has 17 heavy (non-hydrogen) atoms. The lowest BCUT2D eigenvalue weighted by Crippen LogP contribution is -2.06. The van der Waals surface area contributed by atoms with Crippen molar-refractivity contribution < 1.29 is 9.53 Å². The summed E-state index contributed by atoms with van der Waals surface area (Å²) < 4.78 is 4.66. The molecule has 1 aromatic carbocycles. The summed E-state index contributed by atoms with van der Waals surface area (Å²) in [6.45, 7) is 1.85. The molecule has 86 valence electrons. The molecule has 0 atom stereocenters. The van der Waals surface area contributed by atoms with Gasteiger partial charge in [0.1, 0.15) is 0 Å². The maximum absolute atomic E-state index is 11.4. The molecule has 2 aromatic rings. The van der Waals surface area contributed by atoms with E-state index < -0.39 is 5.97 Å². The fourth-order valence-electron chi connectivity index (χ4n) is 1.67. The van der Waals surface area contributed by atoms with Crippen molar-refractivity contribution in [3.05, 3.63) is 53.9 Å². The number of hydrogen-bond donors (Lipinski definition) is 0. The zero-order valence-corrected chi connectivity index (χ0v) is 9.81. The Morgan fingerprint density at radius 3 is 2.47 bits per heavy atom. The lowest BCUT2D eigenvalue weighted by molar-refractivity contribution is 0.0593. The molecular weight excluding hydrogens is 214 g/mol. The molecule has 0 unspecified atom stereocenters. The third-order valence-corrected chi connectivity index (χ3v) is 2.56. The SMILES string of the molecule is COC(=O)c1ncc(-c2ccccc2)cc1C. The number of carbonyl (C=O) groups is 1. The van der Waals surface area contributed by atoms with Crippen LogP contribution >= 0.6 is 0 Å². The van der Waals surface area contributed by atoms with Crippen LogP contribution in [-0.4, -0.2) is 18.1 Å². The van der Waals surface area contributed by atoms with Crippen LogP contribution in [0.5, 0.6) is 0 Å². The smallest absolute Gasteiger partial charge is 0.356 e. The average molecular weight is 227 g/mol. The van der Waals surface area contributed by atoms with Crippen molar-refractivity contribution in [2.24, 2.45) is 0 Å². The van der Waals surface area contributed by atoms with Crippen LogP contribution in [0.4, 0.5) is 0 Å². The molecular formula is C14H13NO2. The van der Waals surface area contributed by atoms with E-state index in [0.29, 0.717) is 5.69 Å². The predicted octanol–water partition coefficient (Wildman–Crippen LogP) is 2.84. The van der Waals surface area contributed by atoms with Crippen LogP contribution in [0, 0.1) is 6.92 Å². The number of hydrogen-bond acceptors (Lipinski definition) is 3. The third kappa shape index (κ3) is 2.33. The molecule has 0 N–H and O–H groups in total. The van der Waals surface area contributed by atoms with Crippen LogP contribution in [0.1, 0.15) is 16.1 Å². The van der Waals surface area contributed by atoms with Crippen molar-refractivity contribution >= 4 is 5.97 Å². The number of aromatic nitrogens is 1. The van der Waals surface area contributed by atoms with E-state index >= 15 is 0 Å². The van der Waals surface area contributed by atoms with E-state index in [2.05, 4.69) is 9.72 Å². The van der Waals surface area contributed by atoms with Crippen LogP contribution in [0.3, 0.4) is 0 Å². The Kier molecular flexibility index (Phi) is 3.19. The van der Waals surface area contributed by atoms with Crippen molar-refractivity contribution in [1.82, 2.24) is 4.98 Å². The Labute approximate surface area is 100 Å². The second-order valence-electron chi connectivity index (χ2n) is 3.75. The van der Waals surface area contributed by atoms with Gasteiger partial charge in [-0.1, -0.05) is 30.3 Å². The highest BCUT2D eigenvalue weighted by Gasteiger charge is 2.11. The number of nitrogens with zero attached hydrogens (tertiary/aromatic N) is 1. The lowest BCUT2D eigenvalue weighted by atomic mass is 10.1. The molecule has 0 saturated carbocycles. The molecule has 3 nitrogen and oxygen atoms in total. The second kappa shape index (κ2) is 4.78. The summed E-state index contributed by atoms with van der Waals surface area (Å²) in [7, 11) is 1.36. The second-order valence-corrected chi connectivity index (χ2v) is 3.75. The quantitative estimate of drug-likeness (QED) is 0.740. The minimum Gasteiger partial charge on any atom is -0.464 e. The summed E-state index contributed by atoms with van der Waals surface area (Å²) in [6.07, 6.45) is 1.69. The fraction of sp³-hybridized carbons (Fsp3) is 0.143. The first-order chi connectivity index (χ1) is 8.22. The van der Waals surface area contributed by atoms with Gasteiger partial charge in [0, 0.05) is 11.8 Å². The van der Waals surface area contributed by atoms with Gasteiger partial charge in [0.15, 0.2) is 5.69 Å². The summed E-state index contributed by atoms with van der Waals surface area (Å²) in [5.41, 5.74) is 3.26. The van der Waals surface area contributed by atoms with Crippen LogP contribution < -0.4 is 0 Å². The first-order valence-electron chi connectivity index (χ1n) is 5.33. The maximum Gasteiger partial charge on any atom is 0.356 e. The summed E-state index contributed by atoms with van der Waals surface area (Å²) in [5, 5.41) is 0. The lowest BCUT2D eigenvalue weighted by Gasteiger charge is -2.06. The molecule has 1 aromatic heterocycles. The van der Waals surface area contributed by atoms with Gasteiger partial charge in [-0.05, 0) is 24.1 Å². The van der Waals surface area contributed by atoms with Gasteiger partial charge in [0.05, 0.1) is 7.11 Å². The van der Waals surface area contributed by atoms with E-state index in [9.17, 15) is 4.79 Å². The molecule has 0 bridgehead atoms. The minimum absolute atomic E-state index is 0.368. The summed E-state index contributed by atoms with van der Waals surface area (Å²) in [6, 6.07) is 11.9. The fourth-order valence-corrected chi connectivity index (χ4v) is 1.67. The number of pyridine rings is 1. The average Bonchev–Trinajstić information content (AvgIpc) is 2.39. The van der Waals surface area contributed by atoms with Crippen LogP contribution in [-0.2, 0) is 4.74 Å². The molecule has 0 fully saturated rings. The first kappa shape index (κ1) is 11.3. The number of ether oxygens (including phenoxy) is 1. The molecule has 0 spiro atoms. The van der Waals surface area contributed by atoms with Gasteiger partial charge in [0.2, 0.25) is 0 Å². The molecule has 0 aliphatic rings. The largest absolute Gasteiger partial charge is 0.464 e. The topological polar surface area (TPSA) is 39.2 Å². The maximum atomic E-state index is 11.4. The number of esters is 1. The summed E-state index contributed by atoms with van der Waals surface area (Å²) >= 11 is 0. The van der Waals surface area contributed by atoms with Crippen molar-refractivity contribution in [1.29, 1.82) is 0 Å². The molecule has 0 saturated heterocycles. The Morgan fingerprint density at radius 2 is 1.88 bits per heavy atom. The molecule has 0 radical (unpaired) electrons. The van der Waals surface area contributed by atoms with E-state index in [1.807, 2.05) is 43.3 Å². The third-order valence-electron chi connectivity index (χ3n) is 2.56. The zero-order chi connectivity index (χ0) is 12.3. The molecule has 2 rings (SSSR count). The molecule has 1 heterocycles. The highest BCUT2D eigenvalue weighted by Crippen LogP contribution is 2.20. The number of methoxy groups -OCH3 is 1. The number of aryl methyl sites for hydroxylation is 1. The number of rotatable bonds is 2. The first-order valence-corrected chi connectivity index (χ1v) is 5.33. The van der Waals surface area contributed by atoms with E-state index in [0.717, 1.165) is 16.7 Å². The van der Waals surface area contributed by atoms with E-state index in [-0.39, 0.29) is 0 Å². The summed E-state index contributed by atoms with van der Waals surface area (Å²) in [5.74, 6) is -0.401. The van der Waals surface area contributed by atoms with Gasteiger partial charge in [-0.2, -0.15) is 0 Å². The summed E-state index contributed by atoms with van der Waals surface area (Å²) in [4.78, 5) is 15.5. The van der Waals surface area contributed by atoms with Crippen molar-refractivity contribution in [2.45, 2.75) is 6.92 Å². The molecule has 0 amide bonds. The van der Waals surface area contributed by atoms with E-state index in [1.165, 1.54) is 7.11 Å². The van der Waals surface area contributed by atoms with Crippen LogP contribution in [0.2, 0.25) is 0 Å². The standard InChI is InChI=1S/C14H13NO2/c1-10-8-12(11-6-4-3-5-7-11)9-15-13(10)14(16)17-2/h3-9H,1-2H3. The highest BCUT2D eigenvalue weighted by molar-refractivity contribution is 5.89. The Balaban J connectivity index is 2.41. The van der Waals surface area contributed by atoms with Crippen molar-refractivity contribution in [3.63, 3.8) is 0 Å². The van der Waals surface area contributed by atoms with Crippen molar-refractivity contribution in [3.8, 4) is 11.1 Å². The molecule has 0 aliphatic carbocycles. The van der Waals surface area contributed by atoms with Gasteiger partial charge in [-0.3, -0.25) is 0 Å². The van der Waals surface area contributed by atoms with Crippen molar-refractivity contribution in [2.75, 3.05) is 7.11 Å². The molecule has 3 heteroatoms. The van der Waals surface area contributed by atoms with Gasteiger partial charge >= 0.3 is 5.97 Å². The Hall–Kier alpha value is -2.16. The van der Waals surface area contributed by atoms with Crippen LogP contribution in [0.25, 0.3) is 11.1 Å². The van der Waals surface area contributed by atoms with Gasteiger partial charge in [-0.15, -0.1) is 0 Å². The number of benzene rings is 1. The van der Waals surface area contributed by atoms with Crippen LogP contribution in [0.15, 0.2) is 42.6 Å². The Bertz CT molecular complexity index is 535. The van der Waals surface area contributed by atoms with Gasteiger partial charge in [0.25, 0.3) is 0 Å².